The first-order valence-corrected chi connectivity index (χ1v) is 5.71. The third-order valence-corrected chi connectivity index (χ3v) is 3.79. The van der Waals surface area contributed by atoms with Gasteiger partial charge in [0.05, 0.1) is 4.11 Å². The summed E-state index contributed by atoms with van der Waals surface area (Å²) in [4.78, 5) is 0. The molecule has 82 valence electrons. The van der Waals surface area contributed by atoms with Crippen LogP contribution in [0.2, 0.25) is 0 Å². The van der Waals surface area contributed by atoms with Gasteiger partial charge in [0.2, 0.25) is 0 Å². The van der Waals surface area contributed by atoms with Crippen molar-refractivity contribution in [2.24, 2.45) is 0 Å². The predicted octanol–water partition coefficient (Wildman–Crippen LogP) is 4.34. The fourth-order valence-electron chi connectivity index (χ4n) is 2.73. The van der Waals surface area contributed by atoms with Gasteiger partial charge in [-0.15, -0.1) is 0 Å². The van der Waals surface area contributed by atoms with Crippen molar-refractivity contribution in [1.82, 2.24) is 0 Å². The molecule has 0 saturated carbocycles. The Labute approximate surface area is 97.9 Å². The van der Waals surface area contributed by atoms with Gasteiger partial charge in [-0.2, -0.15) is 0 Å². The second kappa shape index (κ2) is 3.10. The van der Waals surface area contributed by atoms with Crippen molar-refractivity contribution in [3.8, 4) is 0 Å². The van der Waals surface area contributed by atoms with Gasteiger partial charge in [0, 0.05) is 0 Å². The van der Waals surface area contributed by atoms with Crippen LogP contribution in [-0.2, 0) is 10.8 Å². The van der Waals surface area contributed by atoms with Gasteiger partial charge >= 0.3 is 0 Å². The van der Waals surface area contributed by atoms with Crippen LogP contribution in [0.5, 0.6) is 0 Å². The predicted molar refractivity (Wildman–Crippen MR) is 66.5 cm³/mol. The molecule has 0 heterocycles. The van der Waals surface area contributed by atoms with E-state index in [2.05, 4.69) is 27.7 Å². The summed E-state index contributed by atoms with van der Waals surface area (Å²) >= 11 is 0. The highest BCUT2D eigenvalue weighted by atomic mass is 14.4. The summed E-state index contributed by atoms with van der Waals surface area (Å²) in [7, 11) is 0. The van der Waals surface area contributed by atoms with Crippen molar-refractivity contribution in [2.45, 2.75) is 58.3 Å². The first-order valence-electron chi connectivity index (χ1n) is 7.21. The van der Waals surface area contributed by atoms with Gasteiger partial charge < -0.3 is 0 Å². The lowest BCUT2D eigenvalue weighted by Crippen LogP contribution is -2.34. The van der Waals surface area contributed by atoms with E-state index < -0.39 is 0 Å². The normalized spacial score (nSPS) is 25.0. The second-order valence-corrected chi connectivity index (χ2v) is 6.02. The highest BCUT2D eigenvalue weighted by molar-refractivity contribution is 5.45. The van der Waals surface area contributed by atoms with Gasteiger partial charge in [0.15, 0.2) is 0 Å². The monoisotopic (exact) mass is 205 g/mol. The van der Waals surface area contributed by atoms with Crippen molar-refractivity contribution in [3.05, 3.63) is 34.8 Å². The van der Waals surface area contributed by atoms with Crippen LogP contribution in [0.3, 0.4) is 0 Å². The number of fused-ring (bicyclic) bond motifs is 1. The Kier molecular flexibility index (Phi) is 1.55. The summed E-state index contributed by atoms with van der Waals surface area (Å²) in [6.45, 7) is 10.6. The highest BCUT2D eigenvalue weighted by Gasteiger charge is 2.37. The van der Waals surface area contributed by atoms with Gasteiger partial charge in [0.1, 0.15) is 0 Å². The minimum atomic E-state index is -0.0593. The molecule has 0 spiro atoms. The Morgan fingerprint density at radius 1 is 1.07 bits per heavy atom. The van der Waals surface area contributed by atoms with Gasteiger partial charge in [0.25, 0.3) is 0 Å². The fourth-order valence-corrected chi connectivity index (χ4v) is 2.73. The highest BCUT2D eigenvalue weighted by Crippen LogP contribution is 2.46. The van der Waals surface area contributed by atoms with Crippen molar-refractivity contribution >= 4 is 0 Å². The molecule has 0 atom stereocenters. The zero-order valence-electron chi connectivity index (χ0n) is 13.4. The van der Waals surface area contributed by atoms with E-state index in [1.165, 1.54) is 0 Å². The first-order chi connectivity index (χ1) is 8.09. The van der Waals surface area contributed by atoms with Gasteiger partial charge in [-0.1, -0.05) is 45.8 Å². The van der Waals surface area contributed by atoms with Crippen LogP contribution in [0.4, 0.5) is 0 Å². The van der Waals surface area contributed by atoms with Crippen molar-refractivity contribution < 1.29 is 4.11 Å². The minimum Gasteiger partial charge on any atom is -0.0617 e. The quantitative estimate of drug-likeness (QED) is 0.591. The Bertz CT molecular complexity index is 466. The molecular weight excluding hydrogens is 180 g/mol. The maximum Gasteiger partial charge on any atom is 0.0626 e. The lowest BCUT2D eigenvalue weighted by Gasteiger charge is -2.42. The van der Waals surface area contributed by atoms with E-state index in [0.717, 1.165) is 29.5 Å². The SMILES string of the molecule is [2H]c1c([2H])c(C)c2c(c1[2H])C(C)(C)CCC2(C)C. The molecule has 15 heavy (non-hydrogen) atoms. The third-order valence-electron chi connectivity index (χ3n) is 3.79. The Morgan fingerprint density at radius 3 is 2.33 bits per heavy atom. The standard InChI is InChI=1S/C15H22/c1-11-7-6-8-12-13(11)15(4,5)10-9-14(12,2)3/h6-8H,9-10H2,1-5H3/i6D,7D,8D. The molecule has 0 N–H and O–H groups in total. The molecule has 0 radical (unpaired) electrons. The van der Waals surface area contributed by atoms with Crippen LogP contribution in [0.15, 0.2) is 18.1 Å². The Morgan fingerprint density at radius 2 is 1.67 bits per heavy atom. The van der Waals surface area contributed by atoms with Crippen molar-refractivity contribution in [1.29, 1.82) is 0 Å². The van der Waals surface area contributed by atoms with Crippen LogP contribution < -0.4 is 0 Å². The maximum absolute atomic E-state index is 8.24. The smallest absolute Gasteiger partial charge is 0.0617 e. The maximum atomic E-state index is 8.24. The fraction of sp³-hybridized carbons (Fsp3) is 0.600. The number of rotatable bonds is 0. The van der Waals surface area contributed by atoms with E-state index in [-0.39, 0.29) is 29.0 Å². The first kappa shape index (κ1) is 7.49. The van der Waals surface area contributed by atoms with Crippen molar-refractivity contribution in [3.63, 3.8) is 0 Å². The molecule has 0 aliphatic heterocycles. The van der Waals surface area contributed by atoms with E-state index in [1.807, 2.05) is 6.92 Å². The topological polar surface area (TPSA) is 0 Å². The van der Waals surface area contributed by atoms with Gasteiger partial charge in [-0.25, -0.2) is 0 Å². The minimum absolute atomic E-state index is 0.00817. The van der Waals surface area contributed by atoms with E-state index in [4.69, 9.17) is 4.11 Å². The largest absolute Gasteiger partial charge is 0.0626 e. The van der Waals surface area contributed by atoms with Crippen molar-refractivity contribution in [2.75, 3.05) is 0 Å². The molecule has 0 nitrogen and oxygen atoms in total. The molecule has 1 aliphatic carbocycles. The molecule has 1 aliphatic rings. The second-order valence-electron chi connectivity index (χ2n) is 6.02. The molecule has 0 bridgehead atoms. The average molecular weight is 205 g/mol. The molecule has 0 unspecified atom stereocenters. The third kappa shape index (κ3) is 1.60. The lowest BCUT2D eigenvalue weighted by atomic mass is 9.62. The van der Waals surface area contributed by atoms with Crippen LogP contribution in [-0.4, -0.2) is 0 Å². The van der Waals surface area contributed by atoms with E-state index in [0.29, 0.717) is 0 Å². The molecule has 0 amide bonds. The van der Waals surface area contributed by atoms with Crippen LogP contribution in [0.25, 0.3) is 0 Å². The van der Waals surface area contributed by atoms with Gasteiger partial charge in [-0.3, -0.25) is 0 Å². The van der Waals surface area contributed by atoms with E-state index >= 15 is 0 Å². The molecule has 1 aromatic rings. The zero-order valence-corrected chi connectivity index (χ0v) is 10.4. The van der Waals surface area contributed by atoms with Crippen LogP contribution >= 0.6 is 0 Å². The Balaban J connectivity index is 2.92. The average Bonchev–Trinajstić information content (AvgIpc) is 2.26. The summed E-state index contributed by atoms with van der Waals surface area (Å²) < 4.78 is 24.2. The summed E-state index contributed by atoms with van der Waals surface area (Å²) in [6.07, 6.45) is 2.11. The summed E-state index contributed by atoms with van der Waals surface area (Å²) in [5.41, 5.74) is 2.98. The lowest BCUT2D eigenvalue weighted by molar-refractivity contribution is 0.330. The summed E-state index contributed by atoms with van der Waals surface area (Å²) in [6, 6.07) is 0.569. The molecule has 0 saturated heterocycles. The Hall–Kier alpha value is -0.780. The molecule has 0 heteroatoms. The summed E-state index contributed by atoms with van der Waals surface area (Å²) in [5.74, 6) is 0. The zero-order chi connectivity index (χ0) is 13.9. The summed E-state index contributed by atoms with van der Waals surface area (Å²) in [5, 5.41) is 0. The molecular formula is C15H22. The van der Waals surface area contributed by atoms with Crippen LogP contribution in [0, 0.1) is 6.92 Å². The van der Waals surface area contributed by atoms with Crippen LogP contribution in [0.1, 0.15) is 61.3 Å². The number of hydrogen-bond donors (Lipinski definition) is 0. The van der Waals surface area contributed by atoms with E-state index in [1.54, 1.807) is 0 Å². The number of benzene rings is 1. The molecule has 0 aromatic heterocycles. The molecule has 2 rings (SSSR count). The molecule has 1 aromatic carbocycles. The molecule has 0 fully saturated rings. The van der Waals surface area contributed by atoms with Gasteiger partial charge in [-0.05, 0) is 47.3 Å². The number of hydrogen-bond acceptors (Lipinski definition) is 0. The van der Waals surface area contributed by atoms with E-state index in [9.17, 15) is 0 Å².